The van der Waals surface area contributed by atoms with E-state index in [4.69, 9.17) is 5.14 Å². The standard InChI is InChI=1S/C12H16N2O4S/c1-8-3-2-4-9(7-15)12(8)14-6-10(5-11(14)16)19(13,17)18/h2-4,10,15H,5-7H2,1H3,(H2,13,17,18). The van der Waals surface area contributed by atoms with Crippen molar-refractivity contribution >= 4 is 21.6 Å². The van der Waals surface area contributed by atoms with E-state index in [1.54, 1.807) is 12.1 Å². The number of sulfonamides is 1. The summed E-state index contributed by atoms with van der Waals surface area (Å²) in [5.41, 5.74) is 2.00. The van der Waals surface area contributed by atoms with Crippen LogP contribution in [0.3, 0.4) is 0 Å². The Morgan fingerprint density at radius 1 is 1.47 bits per heavy atom. The van der Waals surface area contributed by atoms with E-state index in [0.717, 1.165) is 5.56 Å². The molecule has 1 heterocycles. The number of para-hydroxylation sites is 1. The second-order valence-corrected chi connectivity index (χ2v) is 6.50. The quantitative estimate of drug-likeness (QED) is 0.808. The van der Waals surface area contributed by atoms with Crippen LogP contribution in [0.15, 0.2) is 18.2 Å². The summed E-state index contributed by atoms with van der Waals surface area (Å²) in [6.45, 7) is 1.64. The number of benzene rings is 1. The Morgan fingerprint density at radius 2 is 2.16 bits per heavy atom. The zero-order valence-corrected chi connectivity index (χ0v) is 11.4. The topological polar surface area (TPSA) is 101 Å². The highest BCUT2D eigenvalue weighted by atomic mass is 32.2. The van der Waals surface area contributed by atoms with Gasteiger partial charge < -0.3 is 10.0 Å². The molecule has 104 valence electrons. The smallest absolute Gasteiger partial charge is 0.228 e. The number of primary sulfonamides is 1. The number of aliphatic hydroxyl groups is 1. The van der Waals surface area contributed by atoms with Crippen LogP contribution in [0.25, 0.3) is 0 Å². The van der Waals surface area contributed by atoms with Crippen molar-refractivity contribution in [1.82, 2.24) is 0 Å². The number of hydrogen-bond donors (Lipinski definition) is 2. The molecule has 1 amide bonds. The number of aliphatic hydroxyl groups excluding tert-OH is 1. The van der Waals surface area contributed by atoms with Gasteiger partial charge in [0.1, 0.15) is 5.25 Å². The molecule has 7 heteroatoms. The number of anilines is 1. The molecule has 19 heavy (non-hydrogen) atoms. The first-order valence-electron chi connectivity index (χ1n) is 5.86. The zero-order valence-electron chi connectivity index (χ0n) is 10.5. The number of nitrogens with two attached hydrogens (primary N) is 1. The number of aryl methyl sites for hydroxylation is 1. The van der Waals surface area contributed by atoms with Crippen LogP contribution in [0, 0.1) is 6.92 Å². The molecule has 1 unspecified atom stereocenters. The van der Waals surface area contributed by atoms with Gasteiger partial charge in [-0.15, -0.1) is 0 Å². The van der Waals surface area contributed by atoms with Crippen LogP contribution in [-0.4, -0.2) is 31.2 Å². The fourth-order valence-corrected chi connectivity index (χ4v) is 3.08. The molecule has 1 aliphatic heterocycles. The molecule has 6 nitrogen and oxygen atoms in total. The maximum atomic E-state index is 12.0. The summed E-state index contributed by atoms with van der Waals surface area (Å²) < 4.78 is 22.7. The van der Waals surface area contributed by atoms with Gasteiger partial charge in [0.05, 0.1) is 12.3 Å². The summed E-state index contributed by atoms with van der Waals surface area (Å²) in [7, 11) is -3.73. The minimum absolute atomic E-state index is 0.0372. The number of nitrogens with zero attached hydrogens (tertiary/aromatic N) is 1. The van der Waals surface area contributed by atoms with Crippen molar-refractivity contribution in [2.24, 2.45) is 5.14 Å². The number of carbonyl (C=O) groups is 1. The third-order valence-electron chi connectivity index (χ3n) is 3.32. The van der Waals surface area contributed by atoms with Gasteiger partial charge in [-0.25, -0.2) is 13.6 Å². The molecule has 3 N–H and O–H groups in total. The average molecular weight is 284 g/mol. The molecule has 2 rings (SSSR count). The summed E-state index contributed by atoms with van der Waals surface area (Å²) in [6, 6.07) is 5.30. The Bertz CT molecular complexity index is 612. The van der Waals surface area contributed by atoms with Crippen LogP contribution in [0.1, 0.15) is 17.5 Å². The summed E-state index contributed by atoms with van der Waals surface area (Å²) in [5.74, 6) is -0.289. The normalized spacial score (nSPS) is 20.1. The number of amides is 1. The molecule has 0 saturated carbocycles. The number of hydrogen-bond acceptors (Lipinski definition) is 4. The minimum atomic E-state index is -3.73. The summed E-state index contributed by atoms with van der Waals surface area (Å²) >= 11 is 0. The van der Waals surface area contributed by atoms with E-state index in [1.807, 2.05) is 13.0 Å². The molecule has 0 spiro atoms. The lowest BCUT2D eigenvalue weighted by Crippen LogP contribution is -2.32. The minimum Gasteiger partial charge on any atom is -0.392 e. The Morgan fingerprint density at radius 3 is 2.68 bits per heavy atom. The molecule has 0 bridgehead atoms. The Kier molecular flexibility index (Phi) is 3.62. The van der Waals surface area contributed by atoms with E-state index in [0.29, 0.717) is 11.3 Å². The van der Waals surface area contributed by atoms with Crippen molar-refractivity contribution in [3.63, 3.8) is 0 Å². The molecule has 1 aromatic carbocycles. The first kappa shape index (κ1) is 14.0. The second kappa shape index (κ2) is 4.92. The third-order valence-corrected chi connectivity index (χ3v) is 4.56. The molecule has 0 aliphatic carbocycles. The molecule has 1 aromatic rings. The highest BCUT2D eigenvalue weighted by molar-refractivity contribution is 7.89. The van der Waals surface area contributed by atoms with Crippen LogP contribution >= 0.6 is 0 Å². The summed E-state index contributed by atoms with van der Waals surface area (Å²) in [5, 5.41) is 13.5. The maximum Gasteiger partial charge on any atom is 0.228 e. The van der Waals surface area contributed by atoms with Gasteiger partial charge in [0.25, 0.3) is 0 Å². The average Bonchev–Trinajstić information content (AvgIpc) is 2.70. The molecular formula is C12H16N2O4S. The molecular weight excluding hydrogens is 268 g/mol. The summed E-state index contributed by atoms with van der Waals surface area (Å²) in [4.78, 5) is 13.4. The van der Waals surface area contributed by atoms with Crippen LogP contribution in [-0.2, 0) is 21.4 Å². The van der Waals surface area contributed by atoms with Gasteiger partial charge in [-0.2, -0.15) is 0 Å². The lowest BCUT2D eigenvalue weighted by molar-refractivity contribution is -0.117. The predicted octanol–water partition coefficient (Wildman–Crippen LogP) is -0.119. The summed E-state index contributed by atoms with van der Waals surface area (Å²) in [6.07, 6.45) is -0.113. The highest BCUT2D eigenvalue weighted by Crippen LogP contribution is 2.30. The Labute approximate surface area is 111 Å². The van der Waals surface area contributed by atoms with Crippen LogP contribution < -0.4 is 10.0 Å². The van der Waals surface area contributed by atoms with E-state index in [9.17, 15) is 18.3 Å². The first-order chi connectivity index (χ1) is 8.84. The van der Waals surface area contributed by atoms with E-state index >= 15 is 0 Å². The zero-order chi connectivity index (χ0) is 14.2. The van der Waals surface area contributed by atoms with Gasteiger partial charge in [0, 0.05) is 18.5 Å². The van der Waals surface area contributed by atoms with Crippen molar-refractivity contribution in [3.05, 3.63) is 29.3 Å². The van der Waals surface area contributed by atoms with Crippen molar-refractivity contribution in [3.8, 4) is 0 Å². The van der Waals surface area contributed by atoms with E-state index in [2.05, 4.69) is 0 Å². The maximum absolute atomic E-state index is 12.0. The van der Waals surface area contributed by atoms with Gasteiger partial charge in [-0.1, -0.05) is 18.2 Å². The van der Waals surface area contributed by atoms with Gasteiger partial charge in [-0.3, -0.25) is 4.79 Å². The van der Waals surface area contributed by atoms with E-state index < -0.39 is 15.3 Å². The number of rotatable bonds is 3. The van der Waals surface area contributed by atoms with Crippen LogP contribution in [0.4, 0.5) is 5.69 Å². The van der Waals surface area contributed by atoms with Crippen LogP contribution in [0.2, 0.25) is 0 Å². The van der Waals surface area contributed by atoms with E-state index in [1.165, 1.54) is 4.90 Å². The van der Waals surface area contributed by atoms with Crippen molar-refractivity contribution in [2.75, 3.05) is 11.4 Å². The molecule has 0 aromatic heterocycles. The lowest BCUT2D eigenvalue weighted by atomic mass is 10.1. The highest BCUT2D eigenvalue weighted by Gasteiger charge is 2.38. The fourth-order valence-electron chi connectivity index (χ4n) is 2.34. The van der Waals surface area contributed by atoms with Gasteiger partial charge >= 0.3 is 0 Å². The Balaban J connectivity index is 2.41. The van der Waals surface area contributed by atoms with E-state index in [-0.39, 0.29) is 25.5 Å². The second-order valence-electron chi connectivity index (χ2n) is 4.66. The van der Waals surface area contributed by atoms with Gasteiger partial charge in [0.15, 0.2) is 0 Å². The first-order valence-corrected chi connectivity index (χ1v) is 7.47. The molecule has 1 saturated heterocycles. The fraction of sp³-hybridized carbons (Fsp3) is 0.417. The molecule has 1 aliphatic rings. The molecule has 0 radical (unpaired) electrons. The largest absolute Gasteiger partial charge is 0.392 e. The SMILES string of the molecule is Cc1cccc(CO)c1N1CC(S(N)(=O)=O)CC1=O. The monoisotopic (exact) mass is 284 g/mol. The van der Waals surface area contributed by atoms with Crippen molar-refractivity contribution in [2.45, 2.75) is 25.2 Å². The lowest BCUT2D eigenvalue weighted by Gasteiger charge is -2.21. The number of carbonyl (C=O) groups excluding carboxylic acids is 1. The van der Waals surface area contributed by atoms with Crippen molar-refractivity contribution < 1.29 is 18.3 Å². The van der Waals surface area contributed by atoms with Gasteiger partial charge in [0.2, 0.25) is 15.9 Å². The third kappa shape index (κ3) is 2.63. The predicted molar refractivity (Wildman–Crippen MR) is 71.0 cm³/mol. The van der Waals surface area contributed by atoms with Crippen molar-refractivity contribution in [1.29, 1.82) is 0 Å². The van der Waals surface area contributed by atoms with Gasteiger partial charge in [-0.05, 0) is 12.5 Å². The molecule has 1 atom stereocenters. The Hall–Kier alpha value is -1.44. The molecule has 1 fully saturated rings. The van der Waals surface area contributed by atoms with Crippen LogP contribution in [0.5, 0.6) is 0 Å².